The Morgan fingerprint density at radius 1 is 1.45 bits per heavy atom. The molecule has 0 bridgehead atoms. The second kappa shape index (κ2) is 6.26. The molecule has 0 aliphatic rings. The smallest absolute Gasteiger partial charge is 0.307 e. The Morgan fingerprint density at radius 2 is 2.00 bits per heavy atom. The monoisotopic (exact) mass is 343 g/mol. The highest BCUT2D eigenvalue weighted by Crippen LogP contribution is 2.31. The molecule has 9 heteroatoms. The highest BCUT2D eigenvalue weighted by Gasteiger charge is 2.28. The number of carboxylic acids is 1. The highest BCUT2D eigenvalue weighted by molar-refractivity contribution is 7.89. The Hall–Kier alpha value is -0.890. The van der Waals surface area contributed by atoms with Crippen LogP contribution in [0.3, 0.4) is 0 Å². The summed E-state index contributed by atoms with van der Waals surface area (Å²) in [7, 11) is -2.91. The van der Waals surface area contributed by atoms with Gasteiger partial charge in [0, 0.05) is 13.6 Å². The first kappa shape index (κ1) is 17.2. The summed E-state index contributed by atoms with van der Waals surface area (Å²) in [6, 6.07) is 2.15. The van der Waals surface area contributed by atoms with Gasteiger partial charge in [-0.1, -0.05) is 30.1 Å². The van der Waals surface area contributed by atoms with Crippen molar-refractivity contribution in [1.29, 1.82) is 0 Å². The van der Waals surface area contributed by atoms with Crippen LogP contribution in [0, 0.1) is 11.7 Å². The molecule has 0 aliphatic heterocycles. The van der Waals surface area contributed by atoms with Crippen molar-refractivity contribution < 1.29 is 22.7 Å². The largest absolute Gasteiger partial charge is 0.481 e. The second-order valence-corrected chi connectivity index (χ2v) is 7.00. The third-order valence-electron chi connectivity index (χ3n) is 2.64. The van der Waals surface area contributed by atoms with Gasteiger partial charge in [-0.25, -0.2) is 17.1 Å². The summed E-state index contributed by atoms with van der Waals surface area (Å²) in [6.45, 7) is 1.09. The van der Waals surface area contributed by atoms with Gasteiger partial charge < -0.3 is 5.11 Å². The molecule has 1 aromatic carbocycles. The van der Waals surface area contributed by atoms with E-state index in [0.717, 1.165) is 16.4 Å². The first-order valence-electron chi connectivity index (χ1n) is 5.41. The van der Waals surface area contributed by atoms with Gasteiger partial charge in [-0.15, -0.1) is 0 Å². The molecular formula is C11H12Cl2FNO4S. The van der Waals surface area contributed by atoms with Crippen LogP contribution in [-0.4, -0.2) is 37.4 Å². The standard InChI is InChI=1S/C11H12Cl2FNO4S/c1-6(11(16)17)5-15(2)20(18,19)8-4-3-7(12)10(14)9(8)13/h3-4,6H,5H2,1-2H3,(H,16,17). The molecule has 0 saturated carbocycles. The topological polar surface area (TPSA) is 74.7 Å². The van der Waals surface area contributed by atoms with Crippen molar-refractivity contribution >= 4 is 39.2 Å². The molecule has 1 aromatic rings. The number of carboxylic acid groups (broad SMARTS) is 1. The molecule has 0 aromatic heterocycles. The molecule has 0 heterocycles. The molecule has 0 fully saturated rings. The fraction of sp³-hybridized carbons (Fsp3) is 0.364. The zero-order valence-corrected chi connectivity index (χ0v) is 12.9. The van der Waals surface area contributed by atoms with Crippen molar-refractivity contribution in [3.8, 4) is 0 Å². The number of rotatable bonds is 5. The van der Waals surface area contributed by atoms with E-state index in [-0.39, 0.29) is 11.6 Å². The van der Waals surface area contributed by atoms with E-state index in [2.05, 4.69) is 0 Å². The number of aliphatic carboxylic acids is 1. The summed E-state index contributed by atoms with van der Waals surface area (Å²) in [6.07, 6.45) is 0. The van der Waals surface area contributed by atoms with Crippen molar-refractivity contribution in [1.82, 2.24) is 4.31 Å². The van der Waals surface area contributed by atoms with Crippen LogP contribution in [0.5, 0.6) is 0 Å². The van der Waals surface area contributed by atoms with Crippen LogP contribution in [-0.2, 0) is 14.8 Å². The predicted molar refractivity (Wildman–Crippen MR) is 73.0 cm³/mol. The number of sulfonamides is 1. The van der Waals surface area contributed by atoms with Gasteiger partial charge in [-0.05, 0) is 12.1 Å². The molecule has 1 rings (SSSR count). The lowest BCUT2D eigenvalue weighted by atomic mass is 10.2. The van der Waals surface area contributed by atoms with E-state index in [4.69, 9.17) is 28.3 Å². The van der Waals surface area contributed by atoms with Crippen LogP contribution in [0.2, 0.25) is 10.0 Å². The SMILES string of the molecule is CC(CN(C)S(=O)(=O)c1ccc(Cl)c(F)c1Cl)C(=O)O. The summed E-state index contributed by atoms with van der Waals surface area (Å²) in [5.41, 5.74) is 0. The fourth-order valence-corrected chi connectivity index (χ4v) is 3.41. The zero-order valence-electron chi connectivity index (χ0n) is 10.6. The predicted octanol–water partition coefficient (Wildman–Crippen LogP) is 2.47. The summed E-state index contributed by atoms with van der Waals surface area (Å²) >= 11 is 11.1. The summed E-state index contributed by atoms with van der Waals surface area (Å²) in [5.74, 6) is -3.08. The molecule has 1 atom stereocenters. The highest BCUT2D eigenvalue weighted by atomic mass is 35.5. The van der Waals surface area contributed by atoms with Crippen LogP contribution < -0.4 is 0 Å². The maximum absolute atomic E-state index is 13.5. The molecule has 0 saturated heterocycles. The molecule has 20 heavy (non-hydrogen) atoms. The Balaban J connectivity index is 3.18. The summed E-state index contributed by atoms with van der Waals surface area (Å²) in [5, 5.41) is 7.86. The maximum atomic E-state index is 13.5. The lowest BCUT2D eigenvalue weighted by Crippen LogP contribution is -2.34. The fourth-order valence-electron chi connectivity index (χ4n) is 1.44. The molecule has 0 amide bonds. The second-order valence-electron chi connectivity index (χ2n) is 4.20. The number of carbonyl (C=O) groups is 1. The van der Waals surface area contributed by atoms with Gasteiger partial charge in [0.1, 0.15) is 4.90 Å². The van der Waals surface area contributed by atoms with E-state index >= 15 is 0 Å². The van der Waals surface area contributed by atoms with Crippen LogP contribution in [0.4, 0.5) is 4.39 Å². The van der Waals surface area contributed by atoms with Crippen molar-refractivity contribution in [2.24, 2.45) is 5.92 Å². The quantitative estimate of drug-likeness (QED) is 0.833. The minimum Gasteiger partial charge on any atom is -0.481 e. The Bertz CT molecular complexity index is 636. The molecule has 0 radical (unpaired) electrons. The summed E-state index contributed by atoms with van der Waals surface area (Å²) < 4.78 is 38.8. The zero-order chi connectivity index (χ0) is 15.7. The van der Waals surface area contributed by atoms with E-state index in [0.29, 0.717) is 0 Å². The van der Waals surface area contributed by atoms with Gasteiger partial charge in [0.2, 0.25) is 10.0 Å². The lowest BCUT2D eigenvalue weighted by molar-refractivity contribution is -0.141. The lowest BCUT2D eigenvalue weighted by Gasteiger charge is -2.20. The van der Waals surface area contributed by atoms with Crippen LogP contribution in [0.15, 0.2) is 17.0 Å². The number of hydrogen-bond donors (Lipinski definition) is 1. The Labute approximate surface area is 126 Å². The van der Waals surface area contributed by atoms with Gasteiger partial charge in [-0.2, -0.15) is 0 Å². The minimum atomic E-state index is -4.10. The van der Waals surface area contributed by atoms with E-state index in [1.54, 1.807) is 0 Å². The first-order chi connectivity index (χ1) is 9.09. The third kappa shape index (κ3) is 3.41. The number of nitrogens with zero attached hydrogens (tertiary/aromatic N) is 1. The Morgan fingerprint density at radius 3 is 2.50 bits per heavy atom. The molecule has 1 unspecified atom stereocenters. The first-order valence-corrected chi connectivity index (χ1v) is 7.61. The van der Waals surface area contributed by atoms with E-state index < -0.39 is 37.6 Å². The van der Waals surface area contributed by atoms with Gasteiger partial charge in [0.15, 0.2) is 5.82 Å². The third-order valence-corrected chi connectivity index (χ3v) is 5.28. The van der Waals surface area contributed by atoms with Gasteiger partial charge in [0.05, 0.1) is 16.0 Å². The van der Waals surface area contributed by atoms with Gasteiger partial charge >= 0.3 is 5.97 Å². The van der Waals surface area contributed by atoms with E-state index in [1.807, 2.05) is 0 Å². The van der Waals surface area contributed by atoms with Gasteiger partial charge in [-0.3, -0.25) is 4.79 Å². The van der Waals surface area contributed by atoms with Crippen LogP contribution >= 0.6 is 23.2 Å². The maximum Gasteiger partial charge on any atom is 0.307 e. The average molecular weight is 344 g/mol. The number of benzene rings is 1. The molecule has 0 aliphatic carbocycles. The molecule has 5 nitrogen and oxygen atoms in total. The summed E-state index contributed by atoms with van der Waals surface area (Å²) in [4.78, 5) is 10.3. The van der Waals surface area contributed by atoms with Crippen molar-refractivity contribution in [2.75, 3.05) is 13.6 Å². The van der Waals surface area contributed by atoms with Gasteiger partial charge in [0.25, 0.3) is 0 Å². The van der Waals surface area contributed by atoms with E-state index in [9.17, 15) is 17.6 Å². The minimum absolute atomic E-state index is 0.266. The van der Waals surface area contributed by atoms with Crippen molar-refractivity contribution in [3.63, 3.8) is 0 Å². The normalized spacial score (nSPS) is 13.5. The molecule has 112 valence electrons. The van der Waals surface area contributed by atoms with Crippen molar-refractivity contribution in [2.45, 2.75) is 11.8 Å². The van der Waals surface area contributed by atoms with Crippen LogP contribution in [0.1, 0.15) is 6.92 Å². The average Bonchev–Trinajstić information content (AvgIpc) is 2.35. The number of halogens is 3. The molecule has 1 N–H and O–H groups in total. The van der Waals surface area contributed by atoms with E-state index in [1.165, 1.54) is 14.0 Å². The van der Waals surface area contributed by atoms with Crippen molar-refractivity contribution in [3.05, 3.63) is 28.0 Å². The number of hydrogen-bond acceptors (Lipinski definition) is 3. The van der Waals surface area contributed by atoms with Crippen LogP contribution in [0.25, 0.3) is 0 Å². The Kier molecular flexibility index (Phi) is 5.37. The molecule has 0 spiro atoms. The molecular weight excluding hydrogens is 332 g/mol.